The zero-order valence-electron chi connectivity index (χ0n) is 10.4. The molecular formula is C14H19N3. The molecule has 1 heterocycles. The maximum atomic E-state index is 4.30. The Labute approximate surface area is 102 Å². The molecule has 90 valence electrons. The number of aromatic amines is 1. The predicted molar refractivity (Wildman–Crippen MR) is 69.6 cm³/mol. The van der Waals surface area contributed by atoms with E-state index in [1.807, 2.05) is 6.20 Å². The fraction of sp³-hybridized carbons (Fsp3) is 0.357. The number of benzene rings is 1. The number of aromatic nitrogens is 2. The largest absolute Gasteiger partial charge is 0.347 e. The van der Waals surface area contributed by atoms with Gasteiger partial charge < -0.3 is 10.3 Å². The summed E-state index contributed by atoms with van der Waals surface area (Å²) in [7, 11) is 0. The van der Waals surface area contributed by atoms with Gasteiger partial charge in [-0.1, -0.05) is 36.8 Å². The Morgan fingerprint density at radius 2 is 2.06 bits per heavy atom. The van der Waals surface area contributed by atoms with Crippen LogP contribution in [0, 0.1) is 6.92 Å². The van der Waals surface area contributed by atoms with Gasteiger partial charge in [-0.3, -0.25) is 0 Å². The predicted octanol–water partition coefficient (Wildman–Crippen LogP) is 2.96. The highest BCUT2D eigenvalue weighted by Gasteiger charge is 2.10. The third-order valence-electron chi connectivity index (χ3n) is 2.93. The molecule has 0 radical (unpaired) electrons. The lowest BCUT2D eigenvalue weighted by Gasteiger charge is -2.14. The van der Waals surface area contributed by atoms with E-state index in [9.17, 15) is 0 Å². The van der Waals surface area contributed by atoms with Crippen molar-refractivity contribution in [3.8, 4) is 0 Å². The molecule has 1 aromatic carbocycles. The maximum absolute atomic E-state index is 4.30. The minimum atomic E-state index is 0.298. The SMILES string of the molecule is CCC(NCc1ccc(C)cc1)c1ncc[nH]1. The summed E-state index contributed by atoms with van der Waals surface area (Å²) in [5.74, 6) is 1.01. The van der Waals surface area contributed by atoms with Crippen molar-refractivity contribution in [2.75, 3.05) is 0 Å². The summed E-state index contributed by atoms with van der Waals surface area (Å²) in [5.41, 5.74) is 2.60. The summed E-state index contributed by atoms with van der Waals surface area (Å²) < 4.78 is 0. The second-order valence-electron chi connectivity index (χ2n) is 4.30. The van der Waals surface area contributed by atoms with Gasteiger partial charge in [0.05, 0.1) is 6.04 Å². The molecular weight excluding hydrogens is 210 g/mol. The van der Waals surface area contributed by atoms with E-state index in [-0.39, 0.29) is 0 Å². The highest BCUT2D eigenvalue weighted by atomic mass is 15.0. The first-order valence-electron chi connectivity index (χ1n) is 6.07. The zero-order valence-corrected chi connectivity index (χ0v) is 10.4. The summed E-state index contributed by atoms with van der Waals surface area (Å²) in [6.07, 6.45) is 4.69. The molecule has 0 aliphatic carbocycles. The van der Waals surface area contributed by atoms with Crippen LogP contribution in [0.4, 0.5) is 0 Å². The van der Waals surface area contributed by atoms with Crippen LogP contribution in [0.1, 0.15) is 36.3 Å². The minimum absolute atomic E-state index is 0.298. The summed E-state index contributed by atoms with van der Waals surface area (Å²) in [5, 5.41) is 3.51. The Morgan fingerprint density at radius 3 is 2.65 bits per heavy atom. The molecule has 2 aromatic rings. The van der Waals surface area contributed by atoms with Gasteiger partial charge in [0.1, 0.15) is 5.82 Å². The van der Waals surface area contributed by atoms with Crippen molar-refractivity contribution in [2.45, 2.75) is 32.9 Å². The van der Waals surface area contributed by atoms with Crippen molar-refractivity contribution in [3.05, 3.63) is 53.6 Å². The van der Waals surface area contributed by atoms with Crippen LogP contribution in [0.3, 0.4) is 0 Å². The fourth-order valence-electron chi connectivity index (χ4n) is 1.85. The molecule has 3 heteroatoms. The van der Waals surface area contributed by atoms with Gasteiger partial charge in [-0.15, -0.1) is 0 Å². The molecule has 3 nitrogen and oxygen atoms in total. The Kier molecular flexibility index (Phi) is 3.94. The Hall–Kier alpha value is -1.61. The Balaban J connectivity index is 1.94. The van der Waals surface area contributed by atoms with Crippen molar-refractivity contribution in [3.63, 3.8) is 0 Å². The van der Waals surface area contributed by atoms with Crippen molar-refractivity contribution >= 4 is 0 Å². The highest BCUT2D eigenvalue weighted by molar-refractivity contribution is 5.21. The van der Waals surface area contributed by atoms with Gasteiger partial charge in [-0.2, -0.15) is 0 Å². The molecule has 2 rings (SSSR count). The van der Waals surface area contributed by atoms with E-state index in [0.29, 0.717) is 6.04 Å². The van der Waals surface area contributed by atoms with Crippen LogP contribution in [0.25, 0.3) is 0 Å². The minimum Gasteiger partial charge on any atom is -0.347 e. The lowest BCUT2D eigenvalue weighted by atomic mass is 10.1. The summed E-state index contributed by atoms with van der Waals surface area (Å²) in [4.78, 5) is 7.46. The summed E-state index contributed by atoms with van der Waals surface area (Å²) >= 11 is 0. The molecule has 1 unspecified atom stereocenters. The van der Waals surface area contributed by atoms with E-state index in [1.54, 1.807) is 6.20 Å². The van der Waals surface area contributed by atoms with Crippen molar-refractivity contribution in [2.24, 2.45) is 0 Å². The van der Waals surface area contributed by atoms with Gasteiger partial charge in [-0.05, 0) is 18.9 Å². The molecule has 0 aliphatic rings. The highest BCUT2D eigenvalue weighted by Crippen LogP contribution is 2.12. The van der Waals surface area contributed by atoms with Gasteiger partial charge in [0, 0.05) is 18.9 Å². The average molecular weight is 229 g/mol. The molecule has 0 spiro atoms. The number of imidazole rings is 1. The van der Waals surface area contributed by atoms with Crippen LogP contribution in [-0.2, 0) is 6.54 Å². The van der Waals surface area contributed by atoms with Crippen LogP contribution in [0.5, 0.6) is 0 Å². The Morgan fingerprint density at radius 1 is 1.29 bits per heavy atom. The third kappa shape index (κ3) is 3.17. The van der Waals surface area contributed by atoms with Crippen molar-refractivity contribution in [1.29, 1.82) is 0 Å². The second-order valence-corrected chi connectivity index (χ2v) is 4.30. The molecule has 0 saturated carbocycles. The molecule has 0 fully saturated rings. The standard InChI is InChI=1S/C14H19N3/c1-3-13(14-15-8-9-16-14)17-10-12-6-4-11(2)5-7-12/h4-9,13,17H,3,10H2,1-2H3,(H,15,16). The monoisotopic (exact) mass is 229 g/mol. The first kappa shape index (κ1) is 11.9. The number of H-pyrrole nitrogens is 1. The smallest absolute Gasteiger partial charge is 0.123 e. The van der Waals surface area contributed by atoms with E-state index in [2.05, 4.69) is 53.4 Å². The lowest BCUT2D eigenvalue weighted by Crippen LogP contribution is -2.21. The number of rotatable bonds is 5. The van der Waals surface area contributed by atoms with E-state index in [4.69, 9.17) is 0 Å². The quantitative estimate of drug-likeness (QED) is 0.827. The molecule has 1 atom stereocenters. The average Bonchev–Trinajstić information content (AvgIpc) is 2.86. The van der Waals surface area contributed by atoms with Gasteiger partial charge in [0.2, 0.25) is 0 Å². The molecule has 0 saturated heterocycles. The van der Waals surface area contributed by atoms with Crippen LogP contribution < -0.4 is 5.32 Å². The lowest BCUT2D eigenvalue weighted by molar-refractivity contribution is 0.498. The molecule has 0 aliphatic heterocycles. The number of nitrogens with zero attached hydrogens (tertiary/aromatic N) is 1. The molecule has 2 N–H and O–H groups in total. The molecule has 0 bridgehead atoms. The number of aryl methyl sites for hydroxylation is 1. The number of nitrogens with one attached hydrogen (secondary N) is 2. The van der Waals surface area contributed by atoms with Gasteiger partial charge >= 0.3 is 0 Å². The van der Waals surface area contributed by atoms with Crippen LogP contribution in [0.15, 0.2) is 36.7 Å². The van der Waals surface area contributed by atoms with E-state index in [0.717, 1.165) is 18.8 Å². The van der Waals surface area contributed by atoms with Crippen molar-refractivity contribution < 1.29 is 0 Å². The fourth-order valence-corrected chi connectivity index (χ4v) is 1.85. The summed E-state index contributed by atoms with van der Waals surface area (Å²) in [6, 6.07) is 8.91. The number of hydrogen-bond donors (Lipinski definition) is 2. The first-order valence-corrected chi connectivity index (χ1v) is 6.07. The van der Waals surface area contributed by atoms with E-state index < -0.39 is 0 Å². The van der Waals surface area contributed by atoms with E-state index >= 15 is 0 Å². The Bertz CT molecular complexity index is 431. The van der Waals surface area contributed by atoms with E-state index in [1.165, 1.54) is 11.1 Å². The normalized spacial score (nSPS) is 12.6. The van der Waals surface area contributed by atoms with Gasteiger partial charge in [0.25, 0.3) is 0 Å². The second kappa shape index (κ2) is 5.64. The topological polar surface area (TPSA) is 40.7 Å². The van der Waals surface area contributed by atoms with Crippen LogP contribution >= 0.6 is 0 Å². The van der Waals surface area contributed by atoms with Crippen LogP contribution in [0.2, 0.25) is 0 Å². The molecule has 1 aromatic heterocycles. The zero-order chi connectivity index (χ0) is 12.1. The van der Waals surface area contributed by atoms with Gasteiger partial charge in [-0.25, -0.2) is 4.98 Å². The maximum Gasteiger partial charge on any atom is 0.123 e. The van der Waals surface area contributed by atoms with Crippen LogP contribution in [-0.4, -0.2) is 9.97 Å². The first-order chi connectivity index (χ1) is 8.29. The summed E-state index contributed by atoms with van der Waals surface area (Å²) in [6.45, 7) is 5.14. The van der Waals surface area contributed by atoms with Crippen molar-refractivity contribution in [1.82, 2.24) is 15.3 Å². The molecule has 17 heavy (non-hydrogen) atoms. The third-order valence-corrected chi connectivity index (χ3v) is 2.93. The number of hydrogen-bond acceptors (Lipinski definition) is 2. The molecule has 0 amide bonds. The van der Waals surface area contributed by atoms with Gasteiger partial charge in [0.15, 0.2) is 0 Å².